The maximum absolute atomic E-state index is 11.9. The number of anilines is 1. The minimum absolute atomic E-state index is 0.0252. The van der Waals surface area contributed by atoms with Crippen LogP contribution in [0.1, 0.15) is 16.1 Å². The highest BCUT2D eigenvalue weighted by Gasteiger charge is 2.14. The van der Waals surface area contributed by atoms with Gasteiger partial charge in [-0.15, -0.1) is 0 Å². The molecule has 0 aliphatic heterocycles. The molecule has 1 heterocycles. The van der Waals surface area contributed by atoms with Gasteiger partial charge in [-0.3, -0.25) is 14.9 Å². The predicted molar refractivity (Wildman–Crippen MR) is 69.0 cm³/mol. The third-order valence-corrected chi connectivity index (χ3v) is 2.71. The number of aryl methyl sites for hydroxylation is 2. The summed E-state index contributed by atoms with van der Waals surface area (Å²) in [5.41, 5.74) is 1.28. The van der Waals surface area contributed by atoms with Crippen LogP contribution in [0.4, 0.5) is 11.4 Å². The summed E-state index contributed by atoms with van der Waals surface area (Å²) in [4.78, 5) is 26.1. The molecule has 2 rings (SSSR count). The Morgan fingerprint density at radius 3 is 2.79 bits per heavy atom. The van der Waals surface area contributed by atoms with Crippen molar-refractivity contribution in [1.82, 2.24) is 9.55 Å². The first-order valence-electron chi connectivity index (χ1n) is 5.52. The Morgan fingerprint density at radius 2 is 2.21 bits per heavy atom. The lowest BCUT2D eigenvalue weighted by Crippen LogP contribution is -2.15. The number of rotatable bonds is 3. The van der Waals surface area contributed by atoms with Crippen LogP contribution in [0.2, 0.25) is 0 Å². The van der Waals surface area contributed by atoms with Crippen molar-refractivity contribution in [3.8, 4) is 0 Å². The summed E-state index contributed by atoms with van der Waals surface area (Å²) in [6.07, 6.45) is 2.93. The van der Waals surface area contributed by atoms with Crippen LogP contribution in [0.25, 0.3) is 0 Å². The van der Waals surface area contributed by atoms with E-state index in [1.54, 1.807) is 30.7 Å². The molecule has 0 radical (unpaired) electrons. The number of benzene rings is 1. The van der Waals surface area contributed by atoms with Crippen LogP contribution in [-0.2, 0) is 7.05 Å². The zero-order valence-electron chi connectivity index (χ0n) is 10.5. The average Bonchev–Trinajstić information content (AvgIpc) is 2.77. The van der Waals surface area contributed by atoms with Crippen molar-refractivity contribution >= 4 is 17.3 Å². The first-order valence-corrected chi connectivity index (χ1v) is 5.52. The molecule has 0 fully saturated rings. The molecule has 1 N–H and O–H groups in total. The van der Waals surface area contributed by atoms with Gasteiger partial charge in [0.05, 0.1) is 17.4 Å². The Morgan fingerprint density at radius 1 is 1.47 bits per heavy atom. The molecule has 0 aliphatic carbocycles. The Labute approximate surface area is 109 Å². The van der Waals surface area contributed by atoms with Crippen molar-refractivity contribution in [1.29, 1.82) is 0 Å². The third kappa shape index (κ3) is 2.59. The normalized spacial score (nSPS) is 10.2. The minimum Gasteiger partial charge on any atom is -0.330 e. The van der Waals surface area contributed by atoms with Crippen molar-refractivity contribution < 1.29 is 9.72 Å². The van der Waals surface area contributed by atoms with Crippen molar-refractivity contribution in [2.24, 2.45) is 7.05 Å². The fourth-order valence-electron chi connectivity index (χ4n) is 1.65. The highest BCUT2D eigenvalue weighted by molar-refractivity contribution is 6.03. The number of carbonyl (C=O) groups is 1. The molecule has 0 spiro atoms. The first-order chi connectivity index (χ1) is 8.99. The number of nitro benzene ring substituents is 1. The van der Waals surface area contributed by atoms with Crippen LogP contribution in [0, 0.1) is 17.0 Å². The van der Waals surface area contributed by atoms with Crippen molar-refractivity contribution in [2.75, 3.05) is 5.32 Å². The monoisotopic (exact) mass is 260 g/mol. The summed E-state index contributed by atoms with van der Waals surface area (Å²) in [7, 11) is 1.69. The van der Waals surface area contributed by atoms with Crippen LogP contribution in [0.5, 0.6) is 0 Å². The van der Waals surface area contributed by atoms with Gasteiger partial charge in [0.15, 0.2) is 0 Å². The second-order valence-corrected chi connectivity index (χ2v) is 4.10. The van der Waals surface area contributed by atoms with Crippen molar-refractivity contribution in [3.63, 3.8) is 0 Å². The van der Waals surface area contributed by atoms with Gasteiger partial charge in [0.25, 0.3) is 11.6 Å². The lowest BCUT2D eigenvalue weighted by atomic mass is 10.2. The molecule has 0 bridgehead atoms. The molecule has 0 saturated carbocycles. The molecule has 7 nitrogen and oxygen atoms in total. The molecule has 2 aromatic rings. The third-order valence-electron chi connectivity index (χ3n) is 2.71. The standard InChI is InChI=1S/C12H12N4O3/c1-8-3-4-9(5-10(8)16(18)19)14-12(17)11-6-13-7-15(11)2/h3-7H,1-2H3,(H,14,17). The largest absolute Gasteiger partial charge is 0.330 e. The Kier molecular flexibility index (Phi) is 3.28. The Hall–Kier alpha value is -2.70. The van der Waals surface area contributed by atoms with E-state index in [0.29, 0.717) is 16.9 Å². The van der Waals surface area contributed by atoms with Crippen LogP contribution in [-0.4, -0.2) is 20.4 Å². The van der Waals surface area contributed by atoms with E-state index >= 15 is 0 Å². The van der Waals surface area contributed by atoms with Crippen LogP contribution in [0.3, 0.4) is 0 Å². The maximum Gasteiger partial charge on any atom is 0.274 e. The van der Waals surface area contributed by atoms with Gasteiger partial charge in [-0.1, -0.05) is 6.07 Å². The van der Waals surface area contributed by atoms with Gasteiger partial charge < -0.3 is 9.88 Å². The average molecular weight is 260 g/mol. The molecular formula is C12H12N4O3. The second-order valence-electron chi connectivity index (χ2n) is 4.10. The molecule has 0 saturated heterocycles. The van der Waals surface area contributed by atoms with Crippen LogP contribution in [0.15, 0.2) is 30.7 Å². The first kappa shape index (κ1) is 12.7. The summed E-state index contributed by atoms with van der Waals surface area (Å²) in [6.45, 7) is 1.64. The van der Waals surface area contributed by atoms with E-state index in [4.69, 9.17) is 0 Å². The molecule has 0 aliphatic rings. The highest BCUT2D eigenvalue weighted by atomic mass is 16.6. The fourth-order valence-corrected chi connectivity index (χ4v) is 1.65. The lowest BCUT2D eigenvalue weighted by Gasteiger charge is -2.06. The molecule has 1 aromatic heterocycles. The summed E-state index contributed by atoms with van der Waals surface area (Å²) >= 11 is 0. The molecule has 1 aromatic carbocycles. The molecule has 7 heteroatoms. The lowest BCUT2D eigenvalue weighted by molar-refractivity contribution is -0.385. The second kappa shape index (κ2) is 4.89. The molecule has 0 unspecified atom stereocenters. The number of imidazole rings is 1. The van der Waals surface area contributed by atoms with Crippen molar-refractivity contribution in [3.05, 3.63) is 52.1 Å². The summed E-state index contributed by atoms with van der Waals surface area (Å²) in [6, 6.07) is 4.55. The number of hydrogen-bond donors (Lipinski definition) is 1. The molecular weight excluding hydrogens is 248 g/mol. The highest BCUT2D eigenvalue weighted by Crippen LogP contribution is 2.22. The van der Waals surface area contributed by atoms with Crippen LogP contribution < -0.4 is 5.32 Å². The zero-order chi connectivity index (χ0) is 14.0. The maximum atomic E-state index is 11.9. The van der Waals surface area contributed by atoms with Gasteiger partial charge in [-0.25, -0.2) is 4.98 Å². The van der Waals surface area contributed by atoms with E-state index in [1.165, 1.54) is 18.6 Å². The number of nitro groups is 1. The van der Waals surface area contributed by atoms with Crippen LogP contribution >= 0.6 is 0 Å². The predicted octanol–water partition coefficient (Wildman–Crippen LogP) is 1.89. The number of aromatic nitrogens is 2. The zero-order valence-corrected chi connectivity index (χ0v) is 10.5. The Bertz CT molecular complexity index is 648. The number of nitrogens with one attached hydrogen (secondary N) is 1. The van der Waals surface area contributed by atoms with Crippen molar-refractivity contribution in [2.45, 2.75) is 6.92 Å². The Balaban J connectivity index is 2.25. The van der Waals surface area contributed by atoms with E-state index in [9.17, 15) is 14.9 Å². The fraction of sp³-hybridized carbons (Fsp3) is 0.167. The van der Waals surface area contributed by atoms with Gasteiger partial charge in [-0.2, -0.15) is 0 Å². The van der Waals surface area contributed by atoms with E-state index in [-0.39, 0.29) is 11.6 Å². The van der Waals surface area contributed by atoms with Gasteiger partial charge >= 0.3 is 0 Å². The molecule has 19 heavy (non-hydrogen) atoms. The smallest absolute Gasteiger partial charge is 0.274 e. The van der Waals surface area contributed by atoms with E-state index in [1.807, 2.05) is 0 Å². The van der Waals surface area contributed by atoms with E-state index in [0.717, 1.165) is 0 Å². The summed E-state index contributed by atoms with van der Waals surface area (Å²) < 4.78 is 1.57. The van der Waals surface area contributed by atoms with Gasteiger partial charge in [0.2, 0.25) is 0 Å². The topological polar surface area (TPSA) is 90.1 Å². The number of carbonyl (C=O) groups excluding carboxylic acids is 1. The summed E-state index contributed by atoms with van der Waals surface area (Å²) in [5, 5.41) is 13.4. The minimum atomic E-state index is -0.477. The van der Waals surface area contributed by atoms with Gasteiger partial charge in [-0.05, 0) is 13.0 Å². The number of nitrogens with zero attached hydrogens (tertiary/aromatic N) is 3. The molecule has 98 valence electrons. The van der Waals surface area contributed by atoms with E-state index in [2.05, 4.69) is 10.3 Å². The molecule has 0 atom stereocenters. The van der Waals surface area contributed by atoms with Gasteiger partial charge in [0.1, 0.15) is 5.69 Å². The van der Waals surface area contributed by atoms with E-state index < -0.39 is 4.92 Å². The SMILES string of the molecule is Cc1ccc(NC(=O)c2cncn2C)cc1[N+](=O)[O-]. The quantitative estimate of drug-likeness (QED) is 0.674. The van der Waals surface area contributed by atoms with Gasteiger partial charge in [0, 0.05) is 24.4 Å². The molecule has 1 amide bonds. The number of hydrogen-bond acceptors (Lipinski definition) is 4. The summed E-state index contributed by atoms with van der Waals surface area (Å²) in [5.74, 6) is -0.363. The number of amides is 1.